The predicted octanol–water partition coefficient (Wildman–Crippen LogP) is 2.66. The summed E-state index contributed by atoms with van der Waals surface area (Å²) in [5.74, 6) is -1.92. The van der Waals surface area contributed by atoms with Gasteiger partial charge in [-0.25, -0.2) is 14.2 Å². The maximum absolute atomic E-state index is 14.0. The van der Waals surface area contributed by atoms with E-state index in [4.69, 9.17) is 4.74 Å². The van der Waals surface area contributed by atoms with E-state index in [9.17, 15) is 19.1 Å². The summed E-state index contributed by atoms with van der Waals surface area (Å²) in [5.41, 5.74) is 1.61. The number of aryl methyl sites for hydroxylation is 1. The molecule has 0 saturated carbocycles. The Morgan fingerprint density at radius 2 is 2.12 bits per heavy atom. The van der Waals surface area contributed by atoms with Gasteiger partial charge < -0.3 is 14.7 Å². The summed E-state index contributed by atoms with van der Waals surface area (Å²) < 4.78 is 19.6. The molecular formula is C18H19FN2O4S. The molecular weight excluding hydrogens is 359 g/mol. The first-order chi connectivity index (χ1) is 12.4. The third-order valence-electron chi connectivity index (χ3n) is 4.52. The highest BCUT2D eigenvalue weighted by molar-refractivity contribution is 7.07. The summed E-state index contributed by atoms with van der Waals surface area (Å²) in [6.07, 6.45) is 0.383. The van der Waals surface area contributed by atoms with Gasteiger partial charge in [0.25, 0.3) is 0 Å². The van der Waals surface area contributed by atoms with Crippen LogP contribution in [0.1, 0.15) is 24.1 Å². The number of hydrogen-bond donors (Lipinski definition) is 1. The number of amides is 1. The molecule has 1 amide bonds. The summed E-state index contributed by atoms with van der Waals surface area (Å²) in [6, 6.07) is 4.34. The Hall–Kier alpha value is -2.48. The fourth-order valence-electron chi connectivity index (χ4n) is 2.97. The maximum atomic E-state index is 14.0. The van der Waals surface area contributed by atoms with Crippen molar-refractivity contribution in [1.29, 1.82) is 0 Å². The van der Waals surface area contributed by atoms with E-state index in [-0.39, 0.29) is 44.0 Å². The van der Waals surface area contributed by atoms with Gasteiger partial charge in [0.2, 0.25) is 11.5 Å². The van der Waals surface area contributed by atoms with Crippen LogP contribution < -0.4 is 4.74 Å². The van der Waals surface area contributed by atoms with E-state index in [0.717, 1.165) is 5.56 Å². The summed E-state index contributed by atoms with van der Waals surface area (Å²) in [6.45, 7) is 2.25. The van der Waals surface area contributed by atoms with Gasteiger partial charge in [-0.2, -0.15) is 0 Å². The second kappa shape index (κ2) is 7.41. The van der Waals surface area contributed by atoms with Gasteiger partial charge in [0, 0.05) is 31.3 Å². The van der Waals surface area contributed by atoms with Crippen molar-refractivity contribution in [2.75, 3.05) is 13.1 Å². The van der Waals surface area contributed by atoms with Crippen LogP contribution in [0.5, 0.6) is 5.75 Å². The first-order valence-corrected chi connectivity index (χ1v) is 9.17. The molecule has 0 spiro atoms. The van der Waals surface area contributed by atoms with E-state index in [1.54, 1.807) is 23.4 Å². The molecule has 3 rings (SSSR count). The molecule has 0 aliphatic carbocycles. The van der Waals surface area contributed by atoms with Crippen LogP contribution in [-0.2, 0) is 16.0 Å². The molecule has 0 atom stereocenters. The molecule has 8 heteroatoms. The van der Waals surface area contributed by atoms with Gasteiger partial charge in [0.15, 0.2) is 11.6 Å². The van der Waals surface area contributed by atoms with Crippen LogP contribution in [0, 0.1) is 12.7 Å². The number of benzene rings is 1. The zero-order chi connectivity index (χ0) is 18.7. The van der Waals surface area contributed by atoms with Crippen LogP contribution in [0.25, 0.3) is 0 Å². The van der Waals surface area contributed by atoms with E-state index in [0.29, 0.717) is 5.69 Å². The molecule has 6 nitrogen and oxygen atoms in total. The number of halogens is 1. The molecule has 0 unspecified atom stereocenters. The van der Waals surface area contributed by atoms with Gasteiger partial charge in [-0.15, -0.1) is 11.3 Å². The Bertz CT molecular complexity index is 802. The molecule has 1 saturated heterocycles. The van der Waals surface area contributed by atoms with Crippen molar-refractivity contribution in [1.82, 2.24) is 9.88 Å². The molecule has 1 fully saturated rings. The van der Waals surface area contributed by atoms with Crippen LogP contribution in [0.2, 0.25) is 0 Å². The Kier molecular flexibility index (Phi) is 5.22. The van der Waals surface area contributed by atoms with Crippen LogP contribution in [0.3, 0.4) is 0 Å². The van der Waals surface area contributed by atoms with Gasteiger partial charge in [-0.1, -0.05) is 6.07 Å². The van der Waals surface area contributed by atoms with Gasteiger partial charge in [0.1, 0.15) is 0 Å². The van der Waals surface area contributed by atoms with Gasteiger partial charge in [0.05, 0.1) is 17.6 Å². The van der Waals surface area contributed by atoms with Crippen molar-refractivity contribution < 1.29 is 23.8 Å². The number of rotatable bonds is 5. The normalized spacial score (nSPS) is 16.3. The molecule has 1 aromatic heterocycles. The monoisotopic (exact) mass is 378 g/mol. The molecule has 0 bridgehead atoms. The highest BCUT2D eigenvalue weighted by Gasteiger charge is 2.45. The number of aromatic nitrogens is 1. The fourth-order valence-corrected chi connectivity index (χ4v) is 3.53. The first kappa shape index (κ1) is 18.3. The van der Waals surface area contributed by atoms with E-state index in [1.807, 2.05) is 5.38 Å². The number of nitrogens with zero attached hydrogens (tertiary/aromatic N) is 2. The quantitative estimate of drug-likeness (QED) is 0.865. The molecule has 1 aliphatic heterocycles. The van der Waals surface area contributed by atoms with Crippen molar-refractivity contribution in [3.05, 3.63) is 46.2 Å². The molecule has 2 heterocycles. The van der Waals surface area contributed by atoms with Gasteiger partial charge in [-0.3, -0.25) is 4.79 Å². The number of carbonyl (C=O) groups excluding carboxylic acids is 1. The van der Waals surface area contributed by atoms with Crippen molar-refractivity contribution in [3.63, 3.8) is 0 Å². The Morgan fingerprint density at radius 3 is 2.73 bits per heavy atom. The van der Waals surface area contributed by atoms with E-state index in [1.165, 1.54) is 23.5 Å². The average molecular weight is 378 g/mol. The lowest BCUT2D eigenvalue weighted by molar-refractivity contribution is -0.162. The molecule has 1 aliphatic rings. The predicted molar refractivity (Wildman–Crippen MR) is 93.8 cm³/mol. The van der Waals surface area contributed by atoms with E-state index >= 15 is 0 Å². The number of ether oxygens (including phenoxy) is 1. The fraction of sp³-hybridized carbons (Fsp3) is 0.389. The second-order valence-electron chi connectivity index (χ2n) is 6.37. The maximum Gasteiger partial charge on any atom is 0.348 e. The van der Waals surface area contributed by atoms with Crippen LogP contribution >= 0.6 is 11.3 Å². The average Bonchev–Trinajstić information content (AvgIpc) is 3.11. The number of likely N-dealkylation sites (tertiary alicyclic amines) is 1. The van der Waals surface area contributed by atoms with Crippen LogP contribution in [-0.4, -0.2) is 45.6 Å². The first-order valence-electron chi connectivity index (χ1n) is 8.23. The molecule has 138 valence electrons. The summed E-state index contributed by atoms with van der Waals surface area (Å²) in [7, 11) is 0. The lowest BCUT2D eigenvalue weighted by atomic mass is 9.90. The zero-order valence-corrected chi connectivity index (χ0v) is 15.1. The third-order valence-corrected chi connectivity index (χ3v) is 5.16. The van der Waals surface area contributed by atoms with Crippen molar-refractivity contribution >= 4 is 23.2 Å². The summed E-state index contributed by atoms with van der Waals surface area (Å²) >= 11 is 1.42. The smallest absolute Gasteiger partial charge is 0.348 e. The van der Waals surface area contributed by atoms with Gasteiger partial charge >= 0.3 is 5.97 Å². The van der Waals surface area contributed by atoms with Crippen molar-refractivity contribution in [2.24, 2.45) is 0 Å². The van der Waals surface area contributed by atoms with Gasteiger partial charge in [-0.05, 0) is 24.6 Å². The number of thiazole rings is 1. The van der Waals surface area contributed by atoms with Crippen molar-refractivity contribution in [3.8, 4) is 5.75 Å². The number of carboxylic acid groups (broad SMARTS) is 1. The molecule has 2 aromatic rings. The topological polar surface area (TPSA) is 79.7 Å². The minimum Gasteiger partial charge on any atom is -0.478 e. The number of piperidine rings is 1. The van der Waals surface area contributed by atoms with E-state index in [2.05, 4.69) is 4.98 Å². The standard InChI is InChI=1S/C18H19FN2O4S/c1-12-2-3-14(19)15(8-12)25-18(17(23)24)4-6-21(7-5-18)16(22)9-13-10-26-11-20-13/h2-3,8,10-11H,4-7,9H2,1H3,(H,23,24). The minimum absolute atomic E-state index is 0.0744. The highest BCUT2D eigenvalue weighted by atomic mass is 32.1. The van der Waals surface area contributed by atoms with E-state index < -0.39 is 17.4 Å². The Balaban J connectivity index is 1.69. The summed E-state index contributed by atoms with van der Waals surface area (Å²) in [5, 5.41) is 11.5. The second-order valence-corrected chi connectivity index (χ2v) is 7.09. The van der Waals surface area contributed by atoms with Crippen molar-refractivity contribution in [2.45, 2.75) is 31.8 Å². The van der Waals surface area contributed by atoms with Crippen LogP contribution in [0.4, 0.5) is 4.39 Å². The number of carboxylic acids is 1. The SMILES string of the molecule is Cc1ccc(F)c(OC2(C(=O)O)CCN(C(=O)Cc3cscn3)CC2)c1. The third kappa shape index (κ3) is 3.85. The van der Waals surface area contributed by atoms with Crippen LogP contribution in [0.15, 0.2) is 29.1 Å². The molecule has 1 N–H and O–H groups in total. The Labute approximate surface area is 154 Å². The largest absolute Gasteiger partial charge is 0.478 e. The number of carbonyl (C=O) groups is 2. The minimum atomic E-state index is -1.54. The molecule has 26 heavy (non-hydrogen) atoms. The molecule has 1 aromatic carbocycles. The summed E-state index contributed by atoms with van der Waals surface area (Å²) in [4.78, 5) is 29.9. The highest BCUT2D eigenvalue weighted by Crippen LogP contribution is 2.31. The lowest BCUT2D eigenvalue weighted by Crippen LogP contribution is -2.54. The Morgan fingerprint density at radius 1 is 1.38 bits per heavy atom. The molecule has 0 radical (unpaired) electrons. The zero-order valence-electron chi connectivity index (χ0n) is 14.3. The lowest BCUT2D eigenvalue weighted by Gasteiger charge is -2.39. The number of aliphatic carboxylic acids is 1. The number of hydrogen-bond acceptors (Lipinski definition) is 5.